The number of sulfonamides is 1. The summed E-state index contributed by atoms with van der Waals surface area (Å²) < 4.78 is 66.1. The standard InChI is InChI=1S/C12H8BrF3N2O2S/c13-8-4-7(17)5-11(12(8)16)21(19,20)18-10-3-6(14)1-2-9(10)15/h1-5,18H,17H2. The average Bonchev–Trinajstić information content (AvgIpc) is 2.37. The first-order valence-corrected chi connectivity index (χ1v) is 7.71. The van der Waals surface area contributed by atoms with Crippen molar-refractivity contribution in [1.29, 1.82) is 0 Å². The lowest BCUT2D eigenvalue weighted by Crippen LogP contribution is -2.16. The van der Waals surface area contributed by atoms with Crippen molar-refractivity contribution in [3.8, 4) is 0 Å². The highest BCUT2D eigenvalue weighted by Crippen LogP contribution is 2.28. The Morgan fingerprint density at radius 2 is 1.76 bits per heavy atom. The summed E-state index contributed by atoms with van der Waals surface area (Å²) in [6.45, 7) is 0. The van der Waals surface area contributed by atoms with Crippen molar-refractivity contribution in [1.82, 2.24) is 0 Å². The van der Waals surface area contributed by atoms with E-state index in [4.69, 9.17) is 5.73 Å². The molecular formula is C12H8BrF3N2O2S. The monoisotopic (exact) mass is 380 g/mol. The van der Waals surface area contributed by atoms with E-state index in [-0.39, 0.29) is 10.2 Å². The predicted molar refractivity (Wildman–Crippen MR) is 75.7 cm³/mol. The Kier molecular flexibility index (Phi) is 4.15. The maximum absolute atomic E-state index is 13.9. The van der Waals surface area contributed by atoms with Crippen LogP contribution in [-0.4, -0.2) is 8.42 Å². The third-order valence-electron chi connectivity index (χ3n) is 2.48. The summed E-state index contributed by atoms with van der Waals surface area (Å²) in [4.78, 5) is -0.780. The van der Waals surface area contributed by atoms with Crippen molar-refractivity contribution < 1.29 is 21.6 Å². The molecule has 0 saturated carbocycles. The fourth-order valence-electron chi connectivity index (χ4n) is 1.55. The van der Waals surface area contributed by atoms with Crippen LogP contribution in [0.25, 0.3) is 0 Å². The first-order valence-electron chi connectivity index (χ1n) is 5.43. The van der Waals surface area contributed by atoms with Gasteiger partial charge in [0.05, 0.1) is 10.2 Å². The van der Waals surface area contributed by atoms with Crippen LogP contribution in [0, 0.1) is 17.5 Å². The van der Waals surface area contributed by atoms with Crippen molar-refractivity contribution in [2.75, 3.05) is 10.5 Å². The van der Waals surface area contributed by atoms with E-state index in [9.17, 15) is 21.6 Å². The van der Waals surface area contributed by atoms with E-state index in [1.807, 2.05) is 0 Å². The zero-order valence-corrected chi connectivity index (χ0v) is 12.6. The largest absolute Gasteiger partial charge is 0.399 e. The van der Waals surface area contributed by atoms with Gasteiger partial charge in [-0.3, -0.25) is 4.72 Å². The lowest BCUT2D eigenvalue weighted by molar-refractivity contribution is 0.565. The second-order valence-electron chi connectivity index (χ2n) is 4.04. The topological polar surface area (TPSA) is 72.2 Å². The molecule has 0 aliphatic rings. The van der Waals surface area contributed by atoms with Gasteiger partial charge in [-0.15, -0.1) is 0 Å². The molecule has 4 nitrogen and oxygen atoms in total. The van der Waals surface area contributed by atoms with Gasteiger partial charge in [0, 0.05) is 11.8 Å². The highest BCUT2D eigenvalue weighted by Gasteiger charge is 2.23. The number of nitrogens with one attached hydrogen (secondary N) is 1. The van der Waals surface area contributed by atoms with Crippen molar-refractivity contribution in [3.05, 3.63) is 52.3 Å². The molecule has 0 atom stereocenters. The van der Waals surface area contributed by atoms with Crippen LogP contribution in [0.1, 0.15) is 0 Å². The summed E-state index contributed by atoms with van der Waals surface area (Å²) >= 11 is 2.82. The molecule has 0 aromatic heterocycles. The van der Waals surface area contributed by atoms with Crippen molar-refractivity contribution in [2.24, 2.45) is 0 Å². The van der Waals surface area contributed by atoms with E-state index in [0.717, 1.165) is 18.2 Å². The van der Waals surface area contributed by atoms with Crippen molar-refractivity contribution in [2.45, 2.75) is 4.90 Å². The highest BCUT2D eigenvalue weighted by atomic mass is 79.9. The van der Waals surface area contributed by atoms with E-state index in [0.29, 0.717) is 6.07 Å². The lowest BCUT2D eigenvalue weighted by Gasteiger charge is -2.11. The van der Waals surface area contributed by atoms with Gasteiger partial charge in [-0.2, -0.15) is 0 Å². The fourth-order valence-corrected chi connectivity index (χ4v) is 3.36. The molecule has 112 valence electrons. The molecule has 0 bridgehead atoms. The van der Waals surface area contributed by atoms with Gasteiger partial charge in [0.25, 0.3) is 10.0 Å². The third-order valence-corrected chi connectivity index (χ3v) is 4.42. The minimum Gasteiger partial charge on any atom is -0.399 e. The Morgan fingerprint density at radius 3 is 2.43 bits per heavy atom. The summed E-state index contributed by atoms with van der Waals surface area (Å²) in [5.41, 5.74) is 4.81. The van der Waals surface area contributed by atoms with Crippen LogP contribution in [-0.2, 0) is 10.0 Å². The Balaban J connectivity index is 2.51. The summed E-state index contributed by atoms with van der Waals surface area (Å²) in [6.07, 6.45) is 0. The number of anilines is 2. The third kappa shape index (κ3) is 3.30. The Hall–Kier alpha value is -1.74. The van der Waals surface area contributed by atoms with Gasteiger partial charge in [-0.1, -0.05) is 0 Å². The molecule has 0 heterocycles. The van der Waals surface area contributed by atoms with Gasteiger partial charge in [0.1, 0.15) is 16.5 Å². The predicted octanol–water partition coefficient (Wildman–Crippen LogP) is 3.25. The highest BCUT2D eigenvalue weighted by molar-refractivity contribution is 9.10. The minimum absolute atomic E-state index is 0.0108. The molecule has 0 saturated heterocycles. The molecule has 2 aromatic carbocycles. The molecular weight excluding hydrogens is 373 g/mol. The van der Waals surface area contributed by atoms with Gasteiger partial charge >= 0.3 is 0 Å². The van der Waals surface area contributed by atoms with E-state index in [1.165, 1.54) is 6.07 Å². The molecule has 0 aliphatic heterocycles. The van der Waals surface area contributed by atoms with Gasteiger partial charge in [0.2, 0.25) is 0 Å². The summed E-state index contributed by atoms with van der Waals surface area (Å²) in [5, 5.41) is 0. The normalized spacial score (nSPS) is 11.4. The number of nitrogens with two attached hydrogens (primary N) is 1. The average molecular weight is 381 g/mol. The van der Waals surface area contributed by atoms with E-state index in [1.54, 1.807) is 4.72 Å². The zero-order valence-electron chi connectivity index (χ0n) is 10.2. The molecule has 0 fully saturated rings. The van der Waals surface area contributed by atoms with Gasteiger partial charge < -0.3 is 5.73 Å². The molecule has 9 heteroatoms. The van der Waals surface area contributed by atoms with Crippen LogP contribution in [0.3, 0.4) is 0 Å². The molecule has 0 radical (unpaired) electrons. The minimum atomic E-state index is -4.47. The first-order chi connectivity index (χ1) is 9.70. The van der Waals surface area contributed by atoms with E-state index >= 15 is 0 Å². The molecule has 0 spiro atoms. The first kappa shape index (κ1) is 15.6. The van der Waals surface area contributed by atoms with E-state index < -0.39 is 38.1 Å². The Morgan fingerprint density at radius 1 is 1.10 bits per heavy atom. The summed E-state index contributed by atoms with van der Waals surface area (Å²) in [5.74, 6) is -2.93. The number of rotatable bonds is 3. The zero-order chi connectivity index (χ0) is 15.8. The van der Waals surface area contributed by atoms with Crippen LogP contribution >= 0.6 is 15.9 Å². The smallest absolute Gasteiger partial charge is 0.265 e. The van der Waals surface area contributed by atoms with Gasteiger partial charge in [0.15, 0.2) is 5.82 Å². The van der Waals surface area contributed by atoms with Crippen LogP contribution < -0.4 is 10.5 Å². The number of hydrogen-bond acceptors (Lipinski definition) is 3. The molecule has 0 amide bonds. The molecule has 0 unspecified atom stereocenters. The Labute approximate surface area is 127 Å². The summed E-state index contributed by atoms with van der Waals surface area (Å²) in [7, 11) is -4.47. The van der Waals surface area contributed by atoms with Crippen LogP contribution in [0.4, 0.5) is 24.5 Å². The number of benzene rings is 2. The molecule has 0 aliphatic carbocycles. The maximum atomic E-state index is 13.9. The lowest BCUT2D eigenvalue weighted by atomic mass is 10.3. The van der Waals surface area contributed by atoms with Crippen molar-refractivity contribution >= 4 is 37.3 Å². The van der Waals surface area contributed by atoms with E-state index in [2.05, 4.69) is 15.9 Å². The fraction of sp³-hybridized carbons (Fsp3) is 0. The molecule has 3 N–H and O–H groups in total. The van der Waals surface area contributed by atoms with Crippen molar-refractivity contribution in [3.63, 3.8) is 0 Å². The van der Waals surface area contributed by atoms with Crippen LogP contribution in [0.2, 0.25) is 0 Å². The summed E-state index contributed by atoms with van der Waals surface area (Å²) in [6, 6.07) is 4.27. The van der Waals surface area contributed by atoms with Crippen LogP contribution in [0.15, 0.2) is 39.7 Å². The number of halogens is 4. The maximum Gasteiger partial charge on any atom is 0.265 e. The second-order valence-corrected chi connectivity index (χ2v) is 6.55. The van der Waals surface area contributed by atoms with Gasteiger partial charge in [-0.25, -0.2) is 21.6 Å². The molecule has 2 rings (SSSR count). The van der Waals surface area contributed by atoms with Crippen LogP contribution in [0.5, 0.6) is 0 Å². The van der Waals surface area contributed by atoms with Gasteiger partial charge in [-0.05, 0) is 40.2 Å². The Bertz CT molecular complexity index is 812. The number of hydrogen-bond donors (Lipinski definition) is 2. The number of nitrogen functional groups attached to an aromatic ring is 1. The quantitative estimate of drug-likeness (QED) is 0.802. The molecule has 2 aromatic rings. The second kappa shape index (κ2) is 5.57. The molecule has 21 heavy (non-hydrogen) atoms. The SMILES string of the molecule is Nc1cc(Br)c(F)c(S(=O)(=O)Nc2cc(F)ccc2F)c1.